The first-order valence-electron chi connectivity index (χ1n) is 8.17. The maximum absolute atomic E-state index is 12.4. The maximum Gasteiger partial charge on any atom is 0.255 e. The zero-order chi connectivity index (χ0) is 16.9. The third kappa shape index (κ3) is 4.35. The fraction of sp³-hybridized carbons (Fsp3) is 0.316. The van der Waals surface area contributed by atoms with Crippen LogP contribution in [0, 0.1) is 0 Å². The maximum atomic E-state index is 12.4. The van der Waals surface area contributed by atoms with Crippen molar-refractivity contribution in [3.8, 4) is 0 Å². The lowest BCUT2D eigenvalue weighted by Crippen LogP contribution is -2.35. The van der Waals surface area contributed by atoms with E-state index in [2.05, 4.69) is 10.2 Å². The molecule has 2 aromatic carbocycles. The highest BCUT2D eigenvalue weighted by Crippen LogP contribution is 2.21. The van der Waals surface area contributed by atoms with Crippen LogP contribution in [0.25, 0.3) is 0 Å². The number of carbonyl (C=O) groups is 1. The normalized spacial score (nSPS) is 16.1. The average Bonchev–Trinajstić information content (AvgIpc) is 2.58. The van der Waals surface area contributed by atoms with Gasteiger partial charge in [0.2, 0.25) is 0 Å². The van der Waals surface area contributed by atoms with E-state index in [0.29, 0.717) is 10.6 Å². The molecule has 2 aromatic rings. The van der Waals surface area contributed by atoms with E-state index in [0.717, 1.165) is 43.7 Å². The van der Waals surface area contributed by atoms with Gasteiger partial charge in [0.1, 0.15) is 0 Å². The molecule has 1 aliphatic heterocycles. The Hall–Kier alpha value is -1.88. The van der Waals surface area contributed by atoms with E-state index in [9.17, 15) is 9.90 Å². The van der Waals surface area contributed by atoms with Crippen molar-refractivity contribution in [2.24, 2.45) is 0 Å². The molecule has 0 radical (unpaired) electrons. The molecule has 2 N–H and O–H groups in total. The average molecular weight is 345 g/mol. The molecule has 4 nitrogen and oxygen atoms in total. The summed E-state index contributed by atoms with van der Waals surface area (Å²) in [5.41, 5.74) is 2.43. The molecule has 3 rings (SSSR count). The number of aliphatic hydroxyl groups is 1. The van der Waals surface area contributed by atoms with Gasteiger partial charge in [0.15, 0.2) is 0 Å². The predicted molar refractivity (Wildman–Crippen MR) is 96.4 cm³/mol. The number of nitrogens with one attached hydrogen (secondary N) is 1. The smallest absolute Gasteiger partial charge is 0.255 e. The van der Waals surface area contributed by atoms with E-state index in [1.807, 2.05) is 24.3 Å². The van der Waals surface area contributed by atoms with Crippen LogP contribution in [0.5, 0.6) is 0 Å². The summed E-state index contributed by atoms with van der Waals surface area (Å²) < 4.78 is 0. The van der Waals surface area contributed by atoms with Gasteiger partial charge < -0.3 is 10.4 Å². The molecular weight excluding hydrogens is 324 g/mol. The summed E-state index contributed by atoms with van der Waals surface area (Å²) in [5.74, 6) is -0.168. The minimum absolute atomic E-state index is 0.168. The van der Waals surface area contributed by atoms with E-state index < -0.39 is 0 Å². The Bertz CT molecular complexity index is 712. The van der Waals surface area contributed by atoms with Crippen LogP contribution in [-0.4, -0.2) is 35.1 Å². The standard InChI is InChI=1S/C19H21ClN2O2/c20-16-6-3-5-14(12-16)19(24)21-18-7-2-1-4-15(18)13-22-10-8-17(23)9-11-22/h1-7,12,17,23H,8-11,13H2,(H,21,24). The molecule has 0 aliphatic carbocycles. The van der Waals surface area contributed by atoms with Crippen molar-refractivity contribution >= 4 is 23.2 Å². The first-order valence-corrected chi connectivity index (χ1v) is 8.55. The van der Waals surface area contributed by atoms with Gasteiger partial charge in [-0.05, 0) is 42.7 Å². The molecule has 0 bridgehead atoms. The largest absolute Gasteiger partial charge is 0.393 e. The molecule has 0 unspecified atom stereocenters. The lowest BCUT2D eigenvalue weighted by molar-refractivity contribution is 0.0793. The minimum Gasteiger partial charge on any atom is -0.393 e. The van der Waals surface area contributed by atoms with Crippen molar-refractivity contribution in [1.29, 1.82) is 0 Å². The highest BCUT2D eigenvalue weighted by molar-refractivity contribution is 6.31. The highest BCUT2D eigenvalue weighted by atomic mass is 35.5. The Morgan fingerprint density at radius 2 is 1.92 bits per heavy atom. The van der Waals surface area contributed by atoms with Crippen molar-refractivity contribution < 1.29 is 9.90 Å². The van der Waals surface area contributed by atoms with Crippen LogP contribution in [0.2, 0.25) is 5.02 Å². The van der Waals surface area contributed by atoms with Gasteiger partial charge in [0, 0.05) is 35.9 Å². The molecule has 0 saturated carbocycles. The Morgan fingerprint density at radius 1 is 1.17 bits per heavy atom. The lowest BCUT2D eigenvalue weighted by Gasteiger charge is -2.30. The van der Waals surface area contributed by atoms with Crippen LogP contribution < -0.4 is 5.32 Å². The lowest BCUT2D eigenvalue weighted by atomic mass is 10.1. The Balaban J connectivity index is 1.71. The molecule has 1 fully saturated rings. The molecule has 1 aliphatic rings. The first kappa shape index (κ1) is 17.0. The third-order valence-electron chi connectivity index (χ3n) is 4.30. The number of para-hydroxylation sites is 1. The van der Waals surface area contributed by atoms with E-state index in [1.54, 1.807) is 24.3 Å². The summed E-state index contributed by atoms with van der Waals surface area (Å²) in [5, 5.41) is 13.1. The fourth-order valence-electron chi connectivity index (χ4n) is 2.92. The Kier molecular flexibility index (Phi) is 5.51. The van der Waals surface area contributed by atoms with Gasteiger partial charge in [-0.2, -0.15) is 0 Å². The van der Waals surface area contributed by atoms with Crippen LogP contribution in [0.15, 0.2) is 48.5 Å². The van der Waals surface area contributed by atoms with Crippen LogP contribution in [0.1, 0.15) is 28.8 Å². The summed E-state index contributed by atoms with van der Waals surface area (Å²) in [6.45, 7) is 2.51. The number of anilines is 1. The van der Waals surface area contributed by atoms with Gasteiger partial charge in [0.05, 0.1) is 6.10 Å². The molecule has 1 heterocycles. The number of rotatable bonds is 4. The summed E-state index contributed by atoms with van der Waals surface area (Å²) in [4.78, 5) is 14.7. The van der Waals surface area contributed by atoms with Gasteiger partial charge in [-0.3, -0.25) is 9.69 Å². The Morgan fingerprint density at radius 3 is 2.67 bits per heavy atom. The SMILES string of the molecule is O=C(Nc1ccccc1CN1CCC(O)CC1)c1cccc(Cl)c1. The predicted octanol–water partition coefficient (Wildman–Crippen LogP) is 3.55. The van der Waals surface area contributed by atoms with E-state index >= 15 is 0 Å². The number of likely N-dealkylation sites (tertiary alicyclic amines) is 1. The number of amides is 1. The molecule has 126 valence electrons. The number of piperidine rings is 1. The summed E-state index contributed by atoms with van der Waals surface area (Å²) in [7, 11) is 0. The zero-order valence-electron chi connectivity index (χ0n) is 13.4. The topological polar surface area (TPSA) is 52.6 Å². The van der Waals surface area contributed by atoms with Gasteiger partial charge in [0.25, 0.3) is 5.91 Å². The number of hydrogen-bond acceptors (Lipinski definition) is 3. The van der Waals surface area contributed by atoms with Crippen LogP contribution in [0.4, 0.5) is 5.69 Å². The summed E-state index contributed by atoms with van der Waals surface area (Å²) >= 11 is 5.96. The quantitative estimate of drug-likeness (QED) is 0.891. The number of benzene rings is 2. The molecule has 1 amide bonds. The van der Waals surface area contributed by atoms with Crippen LogP contribution in [0.3, 0.4) is 0 Å². The Labute approximate surface area is 147 Å². The van der Waals surface area contributed by atoms with Crippen molar-refractivity contribution in [3.63, 3.8) is 0 Å². The third-order valence-corrected chi connectivity index (χ3v) is 4.54. The molecule has 24 heavy (non-hydrogen) atoms. The van der Waals surface area contributed by atoms with E-state index in [4.69, 9.17) is 11.6 Å². The summed E-state index contributed by atoms with van der Waals surface area (Å²) in [6.07, 6.45) is 1.42. The monoisotopic (exact) mass is 344 g/mol. The highest BCUT2D eigenvalue weighted by Gasteiger charge is 2.18. The molecule has 5 heteroatoms. The second-order valence-electron chi connectivity index (χ2n) is 6.13. The number of hydrogen-bond donors (Lipinski definition) is 2. The van der Waals surface area contributed by atoms with E-state index in [-0.39, 0.29) is 12.0 Å². The van der Waals surface area contributed by atoms with Crippen LogP contribution >= 0.6 is 11.6 Å². The van der Waals surface area contributed by atoms with Gasteiger partial charge in [-0.15, -0.1) is 0 Å². The number of halogens is 1. The van der Waals surface area contributed by atoms with Crippen molar-refractivity contribution in [2.75, 3.05) is 18.4 Å². The van der Waals surface area contributed by atoms with Crippen molar-refractivity contribution in [3.05, 3.63) is 64.7 Å². The number of carbonyl (C=O) groups excluding carboxylic acids is 1. The zero-order valence-corrected chi connectivity index (χ0v) is 14.2. The fourth-order valence-corrected chi connectivity index (χ4v) is 3.11. The van der Waals surface area contributed by atoms with Gasteiger partial charge in [-0.1, -0.05) is 35.9 Å². The first-order chi connectivity index (χ1) is 11.6. The number of aliphatic hydroxyl groups excluding tert-OH is 1. The van der Waals surface area contributed by atoms with Crippen molar-refractivity contribution in [1.82, 2.24) is 4.90 Å². The van der Waals surface area contributed by atoms with Crippen LogP contribution in [-0.2, 0) is 6.54 Å². The summed E-state index contributed by atoms with van der Waals surface area (Å²) in [6, 6.07) is 14.7. The van der Waals surface area contributed by atoms with Crippen molar-refractivity contribution in [2.45, 2.75) is 25.5 Å². The second-order valence-corrected chi connectivity index (χ2v) is 6.57. The minimum atomic E-state index is -0.181. The molecular formula is C19H21ClN2O2. The molecule has 0 aromatic heterocycles. The molecule has 1 saturated heterocycles. The molecule has 0 atom stereocenters. The van der Waals surface area contributed by atoms with E-state index in [1.165, 1.54) is 0 Å². The second kappa shape index (κ2) is 7.79. The van der Waals surface area contributed by atoms with Gasteiger partial charge >= 0.3 is 0 Å². The molecule has 0 spiro atoms. The van der Waals surface area contributed by atoms with Gasteiger partial charge in [-0.25, -0.2) is 0 Å². The number of nitrogens with zero attached hydrogens (tertiary/aromatic N) is 1.